The fourth-order valence-electron chi connectivity index (χ4n) is 16.0. The molecule has 11 atom stereocenters. The van der Waals surface area contributed by atoms with Gasteiger partial charge in [0, 0.05) is 38.0 Å². The molecule has 1 saturated heterocycles. The van der Waals surface area contributed by atoms with E-state index in [9.17, 15) is 9.59 Å². The molecule has 0 aromatic heterocycles. The van der Waals surface area contributed by atoms with Crippen LogP contribution in [0.2, 0.25) is 0 Å². The highest BCUT2D eigenvalue weighted by atomic mass is 31.2. The molecule has 450 valence electrons. The summed E-state index contributed by atoms with van der Waals surface area (Å²) in [5, 5.41) is 3.07. The number of rotatable bonds is 28. The zero-order valence-corrected chi connectivity index (χ0v) is 52.7. The number of alkyl carbamates (subject to hydrolysis) is 1. The van der Waals surface area contributed by atoms with Crippen molar-refractivity contribution >= 4 is 20.5 Å². The van der Waals surface area contributed by atoms with Crippen LogP contribution in [0.15, 0.2) is 90.5 Å². The molecule has 1 heterocycles. The van der Waals surface area contributed by atoms with Crippen molar-refractivity contribution in [2.75, 3.05) is 47.1 Å². The number of methoxy groups -OCH3 is 2. The quantitative estimate of drug-likeness (QED) is 0.0250. The maximum absolute atomic E-state index is 14.7. The normalized spacial score (nSPS) is 26.9. The number of hydrogen-bond donors (Lipinski definition) is 1. The van der Waals surface area contributed by atoms with Gasteiger partial charge in [-0.05, 0) is 179 Å². The number of nitrogens with one attached hydrogen (secondary N) is 1. The second-order valence-electron chi connectivity index (χ2n) is 26.3. The Hall–Kier alpha value is -4.50. The van der Waals surface area contributed by atoms with Gasteiger partial charge in [0.05, 0.1) is 33.0 Å². The number of unbranched alkanes of at least 4 members (excludes halogenated alkanes) is 2. The van der Waals surface area contributed by atoms with E-state index in [2.05, 4.69) is 95.4 Å². The Bertz CT molecular complexity index is 2520. The molecule has 3 aromatic rings. The predicted octanol–water partition coefficient (Wildman–Crippen LogP) is 16.0. The lowest BCUT2D eigenvalue weighted by Gasteiger charge is -2.58. The molecule has 5 aliphatic rings. The lowest BCUT2D eigenvalue weighted by Crippen LogP contribution is -2.51. The van der Waals surface area contributed by atoms with E-state index in [0.29, 0.717) is 37.8 Å². The number of benzene rings is 3. The van der Waals surface area contributed by atoms with E-state index in [1.54, 1.807) is 14.2 Å². The molecular formula is C69H101N4O8P. The number of allylic oxidation sites excluding steroid dienone is 1. The van der Waals surface area contributed by atoms with Gasteiger partial charge in [-0.1, -0.05) is 127 Å². The maximum Gasteiger partial charge on any atom is 0.407 e. The van der Waals surface area contributed by atoms with Crippen molar-refractivity contribution in [2.24, 2.45) is 46.3 Å². The first-order valence-corrected chi connectivity index (χ1v) is 32.7. The van der Waals surface area contributed by atoms with Crippen LogP contribution in [-0.4, -0.2) is 99.0 Å². The molecule has 0 bridgehead atoms. The molecule has 4 aliphatic carbocycles. The molecule has 1 N–H and O–H groups in total. The number of likely N-dealkylation sites (tertiary alicyclic amines) is 1. The highest BCUT2D eigenvalue weighted by molar-refractivity contribution is 7.44. The first-order valence-electron chi connectivity index (χ1n) is 31.6. The summed E-state index contributed by atoms with van der Waals surface area (Å²) < 4.78 is 40.4. The molecule has 4 unspecified atom stereocenters. The van der Waals surface area contributed by atoms with E-state index in [1.165, 1.54) is 56.9 Å². The van der Waals surface area contributed by atoms with Crippen molar-refractivity contribution in [3.8, 4) is 11.5 Å². The van der Waals surface area contributed by atoms with Crippen molar-refractivity contribution in [2.45, 2.75) is 201 Å². The van der Waals surface area contributed by atoms with Crippen molar-refractivity contribution in [3.05, 3.63) is 119 Å². The third-order valence-electron chi connectivity index (χ3n) is 20.1. The minimum Gasteiger partial charge on any atom is -0.497 e. The third-order valence-corrected chi connectivity index (χ3v) is 22.3. The highest BCUT2D eigenvalue weighted by Gasteiger charge is 2.59. The number of nitrogens with zero attached hydrogens (tertiary/aromatic N) is 3. The van der Waals surface area contributed by atoms with Crippen molar-refractivity contribution in [3.63, 3.8) is 0 Å². The lowest BCUT2D eigenvalue weighted by molar-refractivity contribution is -0.134. The summed E-state index contributed by atoms with van der Waals surface area (Å²) >= 11 is 0. The van der Waals surface area contributed by atoms with Crippen LogP contribution in [0.3, 0.4) is 0 Å². The number of fused-ring (bicyclic) bond motifs is 5. The second-order valence-corrected chi connectivity index (χ2v) is 27.7. The number of ether oxygens (including phenoxy) is 4. The largest absolute Gasteiger partial charge is 0.497 e. The Labute approximate surface area is 495 Å². The smallest absolute Gasteiger partial charge is 0.407 e. The average molecular weight is 1150 g/mol. The van der Waals surface area contributed by atoms with Gasteiger partial charge >= 0.3 is 6.09 Å². The zero-order valence-electron chi connectivity index (χ0n) is 51.8. The summed E-state index contributed by atoms with van der Waals surface area (Å²) in [4.78, 5) is 33.5. The molecule has 1 aliphatic heterocycles. The number of hydrogen-bond acceptors (Lipinski definition) is 9. The van der Waals surface area contributed by atoms with E-state index in [4.69, 9.17) is 34.6 Å². The summed E-state index contributed by atoms with van der Waals surface area (Å²) in [6, 6.07) is 26.2. The minimum absolute atomic E-state index is 0.0403. The Kier molecular flexibility index (Phi) is 22.5. The maximum atomic E-state index is 14.7. The number of carbonyl (C=O) groups excluding carboxylic acids is 2. The van der Waals surface area contributed by atoms with Crippen LogP contribution in [0, 0.1) is 52.9 Å². The zero-order chi connectivity index (χ0) is 58.6. The molecule has 0 radical (unpaired) electrons. The topological polar surface area (TPSA) is 112 Å². The molecule has 82 heavy (non-hydrogen) atoms. The Balaban J connectivity index is 0.887. The molecule has 2 amide bonds. The Morgan fingerprint density at radius 2 is 1.46 bits per heavy atom. The Morgan fingerprint density at radius 1 is 0.793 bits per heavy atom. The van der Waals surface area contributed by atoms with Gasteiger partial charge in [0.15, 0.2) is 0 Å². The van der Waals surface area contributed by atoms with E-state index < -0.39 is 14.1 Å². The van der Waals surface area contributed by atoms with Gasteiger partial charge in [-0.15, -0.1) is 0 Å². The summed E-state index contributed by atoms with van der Waals surface area (Å²) in [6.45, 7) is 30.1. The fourth-order valence-corrected chi connectivity index (χ4v) is 17.7. The van der Waals surface area contributed by atoms with Gasteiger partial charge in [0.1, 0.15) is 29.8 Å². The fraction of sp³-hybridized carbons (Fsp3) is 0.667. The molecule has 12 nitrogen and oxygen atoms in total. The number of amides is 2. The Morgan fingerprint density at radius 3 is 2.10 bits per heavy atom. The van der Waals surface area contributed by atoms with Crippen LogP contribution >= 0.6 is 8.53 Å². The average Bonchev–Trinajstić information content (AvgIpc) is 1.81. The summed E-state index contributed by atoms with van der Waals surface area (Å²) in [6.07, 6.45) is 18.6. The molecule has 8 rings (SSSR count). The number of carbonyl (C=O) groups is 2. The standard InChI is InChI=1S/C69H101N4O8P/c1-48(2)20-19-21-51(7)62-35-36-63-61-34-29-55-44-59(37-39-67(55,8)64(61)38-40-68(62,63)9)80-66(75)71-41-18-14-17-24-65(74)72-46-60(81-82(79-43-42-70-10)73(49(3)4)50(5)6)45-56(72)47-78-69(52-22-15-13-16-23-52,53-25-30-57(76-11)31-26-53)54-27-32-58(77-12)33-28-54/h13,15-16,22-23,25-33,48-51,56,59-64H,14,17-21,24,34-47H2,1-9,11-12H3,(H,71,75)/t51-,56+,59+,60-,61?,62-,63?,64?,67+,68-,82?/m1/s1. The van der Waals surface area contributed by atoms with Gasteiger partial charge in [-0.2, -0.15) is 0 Å². The predicted molar refractivity (Wildman–Crippen MR) is 329 cm³/mol. The van der Waals surface area contributed by atoms with E-state index in [-0.39, 0.29) is 67.5 Å². The van der Waals surface area contributed by atoms with Crippen molar-refractivity contribution < 1.29 is 37.6 Å². The molecule has 13 heteroatoms. The van der Waals surface area contributed by atoms with Crippen LogP contribution in [-0.2, 0) is 28.9 Å². The highest BCUT2D eigenvalue weighted by Crippen LogP contribution is 2.67. The van der Waals surface area contributed by atoms with Crippen LogP contribution < -0.4 is 14.8 Å². The third kappa shape index (κ3) is 14.6. The summed E-state index contributed by atoms with van der Waals surface area (Å²) in [5.74, 6) is 6.32. The first-order chi connectivity index (χ1) is 39.4. The van der Waals surface area contributed by atoms with Crippen LogP contribution in [0.25, 0.3) is 4.85 Å². The van der Waals surface area contributed by atoms with Gasteiger partial charge < -0.3 is 43.1 Å². The van der Waals surface area contributed by atoms with Crippen LogP contribution in [0.1, 0.15) is 182 Å². The van der Waals surface area contributed by atoms with E-state index in [1.807, 2.05) is 71.6 Å². The van der Waals surface area contributed by atoms with Crippen molar-refractivity contribution in [1.82, 2.24) is 14.9 Å². The summed E-state index contributed by atoms with van der Waals surface area (Å²) in [5.41, 5.74) is 3.91. The van der Waals surface area contributed by atoms with Gasteiger partial charge in [-0.3, -0.25) is 4.79 Å². The van der Waals surface area contributed by atoms with Gasteiger partial charge in [0.25, 0.3) is 8.53 Å². The first kappa shape index (κ1) is 63.5. The van der Waals surface area contributed by atoms with Crippen LogP contribution in [0.5, 0.6) is 11.5 Å². The SMILES string of the molecule is [C-]#[N+]CCOP(O[C@@H]1C[C@@H](COC(c2ccccc2)(c2ccc(OC)cc2)c2ccc(OC)cc2)N(C(=O)CCCCCNC(=O)O[C@H]2CC[C@@]3(C)C(=CCC4C3CC[C@@]3(C)C4CC[C@@H]3[C@H](C)CCCC(C)C)C2)C1)N(C(C)C)C(C)C. The van der Waals surface area contributed by atoms with Crippen molar-refractivity contribution in [1.29, 1.82) is 0 Å². The monoisotopic (exact) mass is 1140 g/mol. The second kappa shape index (κ2) is 29.1. The molecule has 4 fully saturated rings. The molecule has 3 aromatic carbocycles. The van der Waals surface area contributed by atoms with Gasteiger partial charge in [-0.25, -0.2) is 16.0 Å². The van der Waals surface area contributed by atoms with Crippen LogP contribution in [0.4, 0.5) is 4.79 Å². The lowest BCUT2D eigenvalue weighted by atomic mass is 9.47. The molecular weight excluding hydrogens is 1040 g/mol. The molecule has 3 saturated carbocycles. The van der Waals surface area contributed by atoms with E-state index in [0.717, 1.165) is 95.8 Å². The van der Waals surface area contributed by atoms with E-state index >= 15 is 0 Å². The summed E-state index contributed by atoms with van der Waals surface area (Å²) in [7, 11) is 1.78. The minimum atomic E-state index is -1.54. The van der Waals surface area contributed by atoms with Gasteiger partial charge in [0.2, 0.25) is 12.5 Å². The molecule has 0 spiro atoms.